The highest BCUT2D eigenvalue weighted by Gasteiger charge is 2.30. The first-order chi connectivity index (χ1) is 7.36. The maximum absolute atomic E-state index is 2.39. The van der Waals surface area contributed by atoms with E-state index in [0.29, 0.717) is 10.9 Å². The van der Waals surface area contributed by atoms with Gasteiger partial charge < -0.3 is 4.57 Å². The monoisotopic (exact) mass is 218 g/mol. The van der Waals surface area contributed by atoms with E-state index < -0.39 is 0 Å². The molecule has 0 radical (unpaired) electrons. The lowest BCUT2D eigenvalue weighted by Crippen LogP contribution is -2.08. The highest BCUT2D eigenvalue weighted by atomic mass is 32.2. The average Bonchev–Trinajstić information content (AvgIpc) is 2.87. The second-order valence-electron chi connectivity index (χ2n) is 4.21. The molecule has 1 fully saturated rings. The molecule has 0 atom stereocenters. The standard InChI is InChI=1S/C13H16NS/c1-14-12-7-3-2-6-11(12)10-13(14)15-8-4-5-9-15/h2-3,6-7,10H,4-5,8-9H2,1H3/q+1. The van der Waals surface area contributed by atoms with Gasteiger partial charge in [-0.3, -0.25) is 0 Å². The van der Waals surface area contributed by atoms with E-state index >= 15 is 0 Å². The van der Waals surface area contributed by atoms with Crippen LogP contribution in [0.25, 0.3) is 10.9 Å². The van der Waals surface area contributed by atoms with Gasteiger partial charge in [0.25, 0.3) is 0 Å². The smallest absolute Gasteiger partial charge is 0.228 e. The average molecular weight is 218 g/mol. The minimum absolute atomic E-state index is 0.528. The highest BCUT2D eigenvalue weighted by molar-refractivity contribution is 7.97. The molecule has 1 nitrogen and oxygen atoms in total. The summed E-state index contributed by atoms with van der Waals surface area (Å²) in [5.41, 5.74) is 1.38. The summed E-state index contributed by atoms with van der Waals surface area (Å²) in [6.07, 6.45) is 2.84. The number of fused-ring (bicyclic) bond motifs is 1. The summed E-state index contributed by atoms with van der Waals surface area (Å²) in [6, 6.07) is 11.1. The van der Waals surface area contributed by atoms with Crippen LogP contribution in [0, 0.1) is 0 Å². The summed E-state index contributed by atoms with van der Waals surface area (Å²) >= 11 is 0. The van der Waals surface area contributed by atoms with Crippen molar-refractivity contribution in [2.45, 2.75) is 17.9 Å². The van der Waals surface area contributed by atoms with Gasteiger partial charge in [-0.05, 0) is 18.9 Å². The van der Waals surface area contributed by atoms with E-state index in [1.54, 1.807) is 5.03 Å². The topological polar surface area (TPSA) is 4.93 Å². The number of aryl methyl sites for hydroxylation is 1. The predicted molar refractivity (Wildman–Crippen MR) is 67.5 cm³/mol. The maximum Gasteiger partial charge on any atom is 0.228 e. The number of hydrogen-bond acceptors (Lipinski definition) is 0. The van der Waals surface area contributed by atoms with Gasteiger partial charge in [0.15, 0.2) is 0 Å². The normalized spacial score (nSPS) is 17.7. The number of hydrogen-bond donors (Lipinski definition) is 0. The van der Waals surface area contributed by atoms with Gasteiger partial charge >= 0.3 is 0 Å². The van der Waals surface area contributed by atoms with Crippen molar-refractivity contribution in [3.05, 3.63) is 30.3 Å². The van der Waals surface area contributed by atoms with Crippen LogP contribution in [0.2, 0.25) is 0 Å². The Morgan fingerprint density at radius 1 is 1.13 bits per heavy atom. The molecule has 0 amide bonds. The quantitative estimate of drug-likeness (QED) is 0.649. The van der Waals surface area contributed by atoms with E-state index in [0.717, 1.165) is 0 Å². The van der Waals surface area contributed by atoms with Crippen molar-refractivity contribution in [3.63, 3.8) is 0 Å². The van der Waals surface area contributed by atoms with Crippen molar-refractivity contribution >= 4 is 21.8 Å². The van der Waals surface area contributed by atoms with E-state index in [1.807, 2.05) is 0 Å². The number of nitrogens with zero attached hydrogens (tertiary/aromatic N) is 1. The fourth-order valence-electron chi connectivity index (χ4n) is 2.40. The molecule has 1 aromatic carbocycles. The van der Waals surface area contributed by atoms with Gasteiger partial charge in [-0.1, -0.05) is 18.2 Å². The van der Waals surface area contributed by atoms with E-state index in [4.69, 9.17) is 0 Å². The van der Waals surface area contributed by atoms with Gasteiger partial charge in [0.05, 0.1) is 5.52 Å². The highest BCUT2D eigenvalue weighted by Crippen LogP contribution is 2.28. The van der Waals surface area contributed by atoms with Gasteiger partial charge in [-0.25, -0.2) is 0 Å². The summed E-state index contributed by atoms with van der Waals surface area (Å²) in [4.78, 5) is 0. The maximum atomic E-state index is 2.39. The van der Waals surface area contributed by atoms with Gasteiger partial charge in [-0.15, -0.1) is 0 Å². The van der Waals surface area contributed by atoms with E-state index in [2.05, 4.69) is 41.9 Å². The third-order valence-corrected chi connectivity index (χ3v) is 5.78. The number of aromatic nitrogens is 1. The van der Waals surface area contributed by atoms with Crippen molar-refractivity contribution in [2.75, 3.05) is 11.5 Å². The zero-order chi connectivity index (χ0) is 10.3. The Morgan fingerprint density at radius 2 is 1.87 bits per heavy atom. The van der Waals surface area contributed by atoms with Gasteiger partial charge in [0.2, 0.25) is 5.03 Å². The van der Waals surface area contributed by atoms with Crippen LogP contribution in [0.5, 0.6) is 0 Å². The molecule has 0 spiro atoms. The Kier molecular flexibility index (Phi) is 2.24. The summed E-state index contributed by atoms with van der Waals surface area (Å²) in [5, 5.41) is 2.96. The van der Waals surface area contributed by atoms with Crippen LogP contribution in [-0.2, 0) is 17.9 Å². The molecule has 0 unspecified atom stereocenters. The van der Waals surface area contributed by atoms with Crippen molar-refractivity contribution < 1.29 is 0 Å². The minimum Gasteiger partial charge on any atom is -0.305 e. The van der Waals surface area contributed by atoms with Gasteiger partial charge in [0, 0.05) is 29.4 Å². The number of benzene rings is 1. The first kappa shape index (κ1) is 9.34. The zero-order valence-corrected chi connectivity index (χ0v) is 9.89. The van der Waals surface area contributed by atoms with Gasteiger partial charge in [0.1, 0.15) is 11.5 Å². The molecule has 2 aromatic rings. The third-order valence-electron chi connectivity index (χ3n) is 3.23. The Hall–Kier alpha value is -0.890. The van der Waals surface area contributed by atoms with Crippen LogP contribution in [0.1, 0.15) is 12.8 Å². The van der Waals surface area contributed by atoms with Crippen molar-refractivity contribution in [2.24, 2.45) is 7.05 Å². The van der Waals surface area contributed by atoms with Crippen LogP contribution in [0.15, 0.2) is 35.4 Å². The molecule has 2 heteroatoms. The minimum atomic E-state index is 0.528. The van der Waals surface area contributed by atoms with Crippen LogP contribution >= 0.6 is 0 Å². The Morgan fingerprint density at radius 3 is 2.60 bits per heavy atom. The van der Waals surface area contributed by atoms with Crippen LogP contribution in [0.4, 0.5) is 0 Å². The van der Waals surface area contributed by atoms with Crippen molar-refractivity contribution in [3.8, 4) is 0 Å². The lowest BCUT2D eigenvalue weighted by Gasteiger charge is -2.01. The summed E-state index contributed by atoms with van der Waals surface area (Å²) in [7, 11) is 2.74. The molecular formula is C13H16NS+. The summed E-state index contributed by atoms with van der Waals surface area (Å²) in [6.45, 7) is 0. The second kappa shape index (κ2) is 3.60. The van der Waals surface area contributed by atoms with E-state index in [1.165, 1.54) is 35.3 Å². The lowest BCUT2D eigenvalue weighted by atomic mass is 10.2. The molecule has 2 heterocycles. The SMILES string of the molecule is Cn1c([S+]2CCCC2)cc2ccccc21. The molecule has 15 heavy (non-hydrogen) atoms. The largest absolute Gasteiger partial charge is 0.305 e. The van der Waals surface area contributed by atoms with Gasteiger partial charge in [-0.2, -0.15) is 0 Å². The molecule has 78 valence electrons. The fraction of sp³-hybridized carbons (Fsp3) is 0.385. The number of para-hydroxylation sites is 1. The van der Waals surface area contributed by atoms with Crippen LogP contribution in [-0.4, -0.2) is 16.1 Å². The first-order valence-electron chi connectivity index (χ1n) is 5.58. The molecule has 0 bridgehead atoms. The molecule has 0 N–H and O–H groups in total. The van der Waals surface area contributed by atoms with Crippen LogP contribution < -0.4 is 0 Å². The number of rotatable bonds is 1. The third kappa shape index (κ3) is 1.48. The molecule has 1 saturated heterocycles. The Labute approximate surface area is 93.4 Å². The predicted octanol–water partition coefficient (Wildman–Crippen LogP) is 2.95. The van der Waals surface area contributed by atoms with E-state index in [9.17, 15) is 0 Å². The van der Waals surface area contributed by atoms with Crippen molar-refractivity contribution in [1.82, 2.24) is 4.57 Å². The molecule has 1 aromatic heterocycles. The summed E-state index contributed by atoms with van der Waals surface area (Å²) < 4.78 is 2.39. The summed E-state index contributed by atoms with van der Waals surface area (Å²) in [5.74, 6) is 2.81. The molecule has 3 rings (SSSR count). The lowest BCUT2D eigenvalue weighted by molar-refractivity contribution is 0.858. The molecule has 0 aliphatic carbocycles. The molecular weight excluding hydrogens is 202 g/mol. The molecule has 1 aliphatic heterocycles. The Bertz CT molecular complexity index is 480. The Balaban J connectivity index is 2.14. The first-order valence-corrected chi connectivity index (χ1v) is 7.14. The second-order valence-corrected chi connectivity index (χ2v) is 6.43. The zero-order valence-electron chi connectivity index (χ0n) is 9.07. The van der Waals surface area contributed by atoms with Crippen LogP contribution in [0.3, 0.4) is 0 Å². The molecule has 0 saturated carbocycles. The molecule has 1 aliphatic rings. The van der Waals surface area contributed by atoms with E-state index in [-0.39, 0.29) is 0 Å². The van der Waals surface area contributed by atoms with Crippen molar-refractivity contribution in [1.29, 1.82) is 0 Å². The fourth-order valence-corrected chi connectivity index (χ4v) is 4.91.